The fraction of sp³-hybridized carbons (Fsp3) is 0.375. The van der Waals surface area contributed by atoms with Gasteiger partial charge in [0.1, 0.15) is 0 Å². The predicted molar refractivity (Wildman–Crippen MR) is 81.6 cm³/mol. The highest BCUT2D eigenvalue weighted by atomic mass is 16.4. The summed E-state index contributed by atoms with van der Waals surface area (Å²) in [4.78, 5) is 22.8. The third kappa shape index (κ3) is 4.63. The third-order valence-electron chi connectivity index (χ3n) is 3.52. The fourth-order valence-electron chi connectivity index (χ4n) is 2.41. The number of carbonyl (C=O) groups excluding carboxylic acids is 1. The van der Waals surface area contributed by atoms with E-state index in [0.717, 1.165) is 19.3 Å². The van der Waals surface area contributed by atoms with Crippen LogP contribution >= 0.6 is 0 Å². The van der Waals surface area contributed by atoms with Crippen LogP contribution < -0.4 is 10.6 Å². The molecule has 3 N–H and O–H groups in total. The number of urea groups is 1. The molecule has 1 aromatic rings. The molecule has 5 nitrogen and oxygen atoms in total. The van der Waals surface area contributed by atoms with Gasteiger partial charge in [-0.25, -0.2) is 9.59 Å². The fourth-order valence-corrected chi connectivity index (χ4v) is 2.41. The lowest BCUT2D eigenvalue weighted by Gasteiger charge is -2.13. The average Bonchev–Trinajstić information content (AvgIpc) is 2.48. The van der Waals surface area contributed by atoms with Crippen molar-refractivity contribution in [3.05, 3.63) is 41.5 Å². The van der Waals surface area contributed by atoms with E-state index in [2.05, 4.69) is 16.7 Å². The Bertz CT molecular complexity index is 552. The molecule has 2 rings (SSSR count). The van der Waals surface area contributed by atoms with Gasteiger partial charge in [0.2, 0.25) is 0 Å². The van der Waals surface area contributed by atoms with Crippen LogP contribution in [0.15, 0.2) is 35.9 Å². The SMILES string of the molecule is O=C(NCCC1=CCCCC1)Nc1ccccc1C(=O)O. The van der Waals surface area contributed by atoms with Crippen molar-refractivity contribution in [1.82, 2.24) is 5.32 Å². The highest BCUT2D eigenvalue weighted by Gasteiger charge is 2.11. The zero-order valence-corrected chi connectivity index (χ0v) is 11.9. The Morgan fingerprint density at radius 3 is 2.71 bits per heavy atom. The Morgan fingerprint density at radius 1 is 1.19 bits per heavy atom. The van der Waals surface area contributed by atoms with Crippen LogP contribution in [0.2, 0.25) is 0 Å². The number of carboxylic acid groups (broad SMARTS) is 1. The Hall–Kier alpha value is -2.30. The molecule has 0 aromatic heterocycles. The minimum Gasteiger partial charge on any atom is -0.478 e. The minimum absolute atomic E-state index is 0.0858. The molecule has 0 saturated heterocycles. The van der Waals surface area contributed by atoms with Crippen LogP contribution in [0.25, 0.3) is 0 Å². The van der Waals surface area contributed by atoms with Crippen molar-refractivity contribution in [2.24, 2.45) is 0 Å². The lowest BCUT2D eigenvalue weighted by molar-refractivity contribution is 0.0698. The van der Waals surface area contributed by atoms with Gasteiger partial charge in [-0.15, -0.1) is 0 Å². The summed E-state index contributed by atoms with van der Waals surface area (Å²) in [6.45, 7) is 0.562. The van der Waals surface area contributed by atoms with Crippen LogP contribution in [-0.2, 0) is 0 Å². The van der Waals surface area contributed by atoms with Gasteiger partial charge in [0, 0.05) is 6.54 Å². The summed E-state index contributed by atoms with van der Waals surface area (Å²) in [7, 11) is 0. The number of carboxylic acids is 1. The molecule has 0 aliphatic heterocycles. The number of nitrogens with one attached hydrogen (secondary N) is 2. The van der Waals surface area contributed by atoms with Crippen LogP contribution in [0.3, 0.4) is 0 Å². The summed E-state index contributed by atoms with van der Waals surface area (Å²) in [5.41, 5.74) is 1.79. The number of carbonyl (C=O) groups is 2. The second kappa shape index (κ2) is 7.47. The topological polar surface area (TPSA) is 78.4 Å². The second-order valence-electron chi connectivity index (χ2n) is 5.09. The van der Waals surface area contributed by atoms with E-state index in [1.54, 1.807) is 18.2 Å². The molecular weight excluding hydrogens is 268 g/mol. The molecular formula is C16H20N2O3. The van der Waals surface area contributed by atoms with Crippen molar-refractivity contribution in [2.45, 2.75) is 32.1 Å². The number of benzene rings is 1. The van der Waals surface area contributed by atoms with Crippen molar-refractivity contribution < 1.29 is 14.7 Å². The highest BCUT2D eigenvalue weighted by Crippen LogP contribution is 2.19. The van der Waals surface area contributed by atoms with Crippen molar-refractivity contribution >= 4 is 17.7 Å². The maximum Gasteiger partial charge on any atom is 0.337 e. The van der Waals surface area contributed by atoms with Crippen molar-refractivity contribution in [3.8, 4) is 0 Å². The zero-order chi connectivity index (χ0) is 15.1. The number of anilines is 1. The van der Waals surface area contributed by atoms with E-state index in [-0.39, 0.29) is 11.6 Å². The number of hydrogen-bond donors (Lipinski definition) is 3. The molecule has 2 amide bonds. The highest BCUT2D eigenvalue weighted by molar-refractivity contribution is 5.99. The molecule has 0 atom stereocenters. The molecule has 0 bridgehead atoms. The first-order valence-corrected chi connectivity index (χ1v) is 7.22. The van der Waals surface area contributed by atoms with Crippen LogP contribution in [0.1, 0.15) is 42.5 Å². The first-order valence-electron chi connectivity index (χ1n) is 7.22. The summed E-state index contributed by atoms with van der Waals surface area (Å²) in [6.07, 6.45) is 7.84. The van der Waals surface area contributed by atoms with Crippen molar-refractivity contribution in [2.75, 3.05) is 11.9 Å². The van der Waals surface area contributed by atoms with Gasteiger partial charge in [-0.3, -0.25) is 0 Å². The number of rotatable bonds is 5. The number of allylic oxidation sites excluding steroid dienone is 1. The van der Waals surface area contributed by atoms with Gasteiger partial charge in [-0.05, 0) is 44.2 Å². The summed E-state index contributed by atoms with van der Waals surface area (Å²) >= 11 is 0. The Kier molecular flexibility index (Phi) is 5.37. The van der Waals surface area contributed by atoms with Gasteiger partial charge in [-0.1, -0.05) is 23.8 Å². The van der Waals surface area contributed by atoms with Gasteiger partial charge in [-0.2, -0.15) is 0 Å². The van der Waals surface area contributed by atoms with Crippen molar-refractivity contribution in [1.29, 1.82) is 0 Å². The first-order chi connectivity index (χ1) is 10.2. The van der Waals surface area contributed by atoms with Gasteiger partial charge in [0.25, 0.3) is 0 Å². The maximum atomic E-state index is 11.8. The van der Waals surface area contributed by atoms with Gasteiger partial charge < -0.3 is 15.7 Å². The molecule has 21 heavy (non-hydrogen) atoms. The largest absolute Gasteiger partial charge is 0.478 e. The normalized spacial score (nSPS) is 14.2. The van der Waals surface area contributed by atoms with E-state index in [0.29, 0.717) is 12.2 Å². The smallest absolute Gasteiger partial charge is 0.337 e. The summed E-state index contributed by atoms with van der Waals surface area (Å²) in [6, 6.07) is 5.98. The third-order valence-corrected chi connectivity index (χ3v) is 3.52. The number of para-hydroxylation sites is 1. The van der Waals surface area contributed by atoms with Crippen LogP contribution in [0.5, 0.6) is 0 Å². The molecule has 0 saturated carbocycles. The van der Waals surface area contributed by atoms with Crippen LogP contribution in [0.4, 0.5) is 10.5 Å². The average molecular weight is 288 g/mol. The first kappa shape index (κ1) is 15.1. The van der Waals surface area contributed by atoms with Crippen LogP contribution in [-0.4, -0.2) is 23.7 Å². The molecule has 0 heterocycles. The second-order valence-corrected chi connectivity index (χ2v) is 5.09. The summed E-state index contributed by atoms with van der Waals surface area (Å²) in [5, 5.41) is 14.4. The molecule has 5 heteroatoms. The zero-order valence-electron chi connectivity index (χ0n) is 11.9. The minimum atomic E-state index is -1.06. The molecule has 1 aliphatic rings. The van der Waals surface area contributed by atoms with Gasteiger partial charge >= 0.3 is 12.0 Å². The van der Waals surface area contributed by atoms with Gasteiger partial charge in [0.15, 0.2) is 0 Å². The van der Waals surface area contributed by atoms with E-state index in [1.807, 2.05) is 0 Å². The monoisotopic (exact) mass is 288 g/mol. The molecule has 1 aromatic carbocycles. The lowest BCUT2D eigenvalue weighted by Crippen LogP contribution is -2.30. The van der Waals surface area contributed by atoms with E-state index < -0.39 is 5.97 Å². The quantitative estimate of drug-likeness (QED) is 0.727. The van der Waals surface area contributed by atoms with E-state index in [9.17, 15) is 9.59 Å². The number of hydrogen-bond acceptors (Lipinski definition) is 2. The van der Waals surface area contributed by atoms with Gasteiger partial charge in [0.05, 0.1) is 11.3 Å². The molecule has 0 fully saturated rings. The lowest BCUT2D eigenvalue weighted by atomic mass is 9.97. The van der Waals surface area contributed by atoms with E-state index in [4.69, 9.17) is 5.11 Å². The van der Waals surface area contributed by atoms with E-state index in [1.165, 1.54) is 24.5 Å². The predicted octanol–water partition coefficient (Wildman–Crippen LogP) is 3.40. The molecule has 0 unspecified atom stereocenters. The Balaban J connectivity index is 1.82. The summed E-state index contributed by atoms with van der Waals surface area (Å²) in [5.74, 6) is -1.06. The standard InChI is InChI=1S/C16H20N2O3/c19-15(20)13-8-4-5-9-14(13)18-16(21)17-11-10-12-6-2-1-3-7-12/h4-6,8-9H,1-3,7,10-11H2,(H,19,20)(H2,17,18,21). The summed E-state index contributed by atoms with van der Waals surface area (Å²) < 4.78 is 0. The van der Waals surface area contributed by atoms with Crippen molar-refractivity contribution in [3.63, 3.8) is 0 Å². The molecule has 0 spiro atoms. The molecule has 0 radical (unpaired) electrons. The Morgan fingerprint density at radius 2 is 2.00 bits per heavy atom. The number of amides is 2. The molecule has 1 aliphatic carbocycles. The van der Waals surface area contributed by atoms with Crippen LogP contribution in [0, 0.1) is 0 Å². The Labute approximate surface area is 124 Å². The number of aromatic carboxylic acids is 1. The maximum absolute atomic E-state index is 11.8. The van der Waals surface area contributed by atoms with E-state index >= 15 is 0 Å². The molecule has 112 valence electrons.